The summed E-state index contributed by atoms with van der Waals surface area (Å²) in [4.78, 5) is 25.5. The number of aromatic nitrogens is 3. The van der Waals surface area contributed by atoms with Gasteiger partial charge >= 0.3 is 6.18 Å². The van der Waals surface area contributed by atoms with Gasteiger partial charge in [0.15, 0.2) is 11.0 Å². The van der Waals surface area contributed by atoms with Crippen molar-refractivity contribution in [2.24, 2.45) is 0 Å². The number of carbonyl (C=O) groups is 2. The molecule has 2 amide bonds. The minimum absolute atomic E-state index is 0.0285. The normalized spacial score (nSPS) is 11.9. The van der Waals surface area contributed by atoms with E-state index in [2.05, 4.69) is 20.8 Å². The summed E-state index contributed by atoms with van der Waals surface area (Å²) >= 11 is 13.1. The Hall–Kier alpha value is -3.63. The lowest BCUT2D eigenvalue weighted by molar-refractivity contribution is -0.137. The summed E-state index contributed by atoms with van der Waals surface area (Å²) in [6.07, 6.45) is -4.62. The van der Waals surface area contributed by atoms with Gasteiger partial charge in [0, 0.05) is 24.7 Å². The van der Waals surface area contributed by atoms with Crippen LogP contribution in [-0.2, 0) is 27.5 Å². The summed E-state index contributed by atoms with van der Waals surface area (Å²) in [7, 11) is -0.865. The van der Waals surface area contributed by atoms with Crippen molar-refractivity contribution < 1.29 is 31.2 Å². The molecule has 1 aromatic heterocycles. The Morgan fingerprint density at radius 2 is 1.70 bits per heavy atom. The van der Waals surface area contributed by atoms with E-state index < -0.39 is 33.6 Å². The molecule has 0 saturated heterocycles. The molecule has 0 atom stereocenters. The highest BCUT2D eigenvalue weighted by molar-refractivity contribution is 7.99. The first-order chi connectivity index (χ1) is 20.7. The number of hydrogen-bond donors (Lipinski definition) is 2. The largest absolute Gasteiger partial charge is 0.416 e. The Morgan fingerprint density at radius 1 is 1.00 bits per heavy atom. The van der Waals surface area contributed by atoms with Gasteiger partial charge in [-0.25, -0.2) is 12.7 Å². The van der Waals surface area contributed by atoms with Crippen LogP contribution in [0, 0.1) is 0 Å². The average Bonchev–Trinajstić information content (AvgIpc) is 3.38. The summed E-state index contributed by atoms with van der Waals surface area (Å²) in [5, 5.41) is 13.9. The summed E-state index contributed by atoms with van der Waals surface area (Å²) in [5.41, 5.74) is -0.434. The number of carbonyl (C=O) groups excluding carboxylic acids is 2. The van der Waals surface area contributed by atoms with Crippen LogP contribution < -0.4 is 10.6 Å². The second kappa shape index (κ2) is 13.6. The smallest absolute Gasteiger partial charge is 0.345 e. The molecule has 0 fully saturated rings. The fourth-order valence-corrected chi connectivity index (χ4v) is 5.77. The number of hydrogen-bond acceptors (Lipinski definition) is 7. The van der Waals surface area contributed by atoms with Crippen molar-refractivity contribution in [3.8, 4) is 5.69 Å². The van der Waals surface area contributed by atoms with E-state index in [1.54, 1.807) is 28.8 Å². The van der Waals surface area contributed by atoms with E-state index in [9.17, 15) is 31.2 Å². The Kier molecular flexibility index (Phi) is 10.3. The molecule has 0 unspecified atom stereocenters. The van der Waals surface area contributed by atoms with Crippen LogP contribution >= 0.6 is 35.0 Å². The van der Waals surface area contributed by atoms with Crippen LogP contribution in [0.3, 0.4) is 0 Å². The van der Waals surface area contributed by atoms with Gasteiger partial charge in [0.1, 0.15) is 0 Å². The number of nitrogens with zero attached hydrogens (tertiary/aromatic N) is 4. The van der Waals surface area contributed by atoms with Gasteiger partial charge in [-0.3, -0.25) is 14.2 Å². The van der Waals surface area contributed by atoms with Crippen molar-refractivity contribution in [3.05, 3.63) is 93.7 Å². The monoisotopic (exact) mass is 686 g/mol. The zero-order chi connectivity index (χ0) is 32.2. The fourth-order valence-electron chi connectivity index (χ4n) is 3.75. The second-order valence-corrected chi connectivity index (χ2v) is 13.2. The maximum atomic E-state index is 13.1. The Labute approximate surface area is 264 Å². The molecule has 4 aromatic rings. The fraction of sp³-hybridized carbons (Fsp3) is 0.185. The van der Waals surface area contributed by atoms with Crippen LogP contribution in [0.5, 0.6) is 0 Å². The minimum Gasteiger partial charge on any atom is -0.345 e. The molecule has 17 heteroatoms. The molecule has 0 aliphatic heterocycles. The minimum atomic E-state index is -4.62. The number of halogens is 5. The SMILES string of the molecule is CN(C)S(=O)(=O)c1ccc(C(=O)NCc2nnc(SCC(=O)Nc3cc(C(F)(F)F)ccc3Cl)n2-c2cccc(Cl)c2)cc1. The Balaban J connectivity index is 1.50. The van der Waals surface area contributed by atoms with Crippen LogP contribution in [0.4, 0.5) is 18.9 Å². The van der Waals surface area contributed by atoms with E-state index in [1.807, 2.05) is 0 Å². The molecule has 2 N–H and O–H groups in total. The van der Waals surface area contributed by atoms with Gasteiger partial charge in [0.2, 0.25) is 15.9 Å². The summed E-state index contributed by atoms with van der Waals surface area (Å²) < 4.78 is 66.5. The van der Waals surface area contributed by atoms with Crippen molar-refractivity contribution in [2.75, 3.05) is 25.2 Å². The van der Waals surface area contributed by atoms with Gasteiger partial charge in [0.05, 0.1) is 39.2 Å². The molecule has 0 bridgehead atoms. The zero-order valence-electron chi connectivity index (χ0n) is 22.9. The lowest BCUT2D eigenvalue weighted by Crippen LogP contribution is -2.25. The van der Waals surface area contributed by atoms with Gasteiger partial charge in [0.25, 0.3) is 5.91 Å². The number of amides is 2. The molecule has 4 rings (SSSR count). The lowest BCUT2D eigenvalue weighted by atomic mass is 10.2. The van der Waals surface area contributed by atoms with Crippen molar-refractivity contribution in [1.82, 2.24) is 24.4 Å². The second-order valence-electron chi connectivity index (χ2n) is 9.24. The summed E-state index contributed by atoms with van der Waals surface area (Å²) in [5.74, 6) is -1.14. The van der Waals surface area contributed by atoms with Crippen LogP contribution in [0.15, 0.2) is 76.8 Å². The molecule has 44 heavy (non-hydrogen) atoms. The lowest BCUT2D eigenvalue weighted by Gasteiger charge is -2.13. The molecule has 0 spiro atoms. The van der Waals surface area contributed by atoms with Crippen LogP contribution in [0.25, 0.3) is 5.69 Å². The van der Waals surface area contributed by atoms with E-state index in [4.69, 9.17) is 23.2 Å². The predicted octanol–water partition coefficient (Wildman–Crippen LogP) is 5.50. The number of rotatable bonds is 10. The quantitative estimate of drug-likeness (QED) is 0.211. The van der Waals surface area contributed by atoms with Gasteiger partial charge in [-0.1, -0.05) is 41.0 Å². The molecular weight excluding hydrogens is 664 g/mol. The van der Waals surface area contributed by atoms with Gasteiger partial charge in [-0.15, -0.1) is 10.2 Å². The first kappa shape index (κ1) is 33.3. The Bertz CT molecular complexity index is 1800. The zero-order valence-corrected chi connectivity index (χ0v) is 26.0. The van der Waals surface area contributed by atoms with Gasteiger partial charge < -0.3 is 10.6 Å². The molecule has 0 saturated carbocycles. The number of alkyl halides is 3. The predicted molar refractivity (Wildman–Crippen MR) is 161 cm³/mol. The summed E-state index contributed by atoms with van der Waals surface area (Å²) in [6, 6.07) is 14.7. The van der Waals surface area contributed by atoms with Crippen molar-refractivity contribution in [1.29, 1.82) is 0 Å². The van der Waals surface area contributed by atoms with E-state index in [-0.39, 0.29) is 44.4 Å². The first-order valence-corrected chi connectivity index (χ1v) is 15.7. The molecular formula is C27H23Cl2F3N6O4S2. The number of anilines is 1. The first-order valence-electron chi connectivity index (χ1n) is 12.5. The van der Waals surface area contributed by atoms with Gasteiger partial charge in [-0.2, -0.15) is 13.2 Å². The molecule has 3 aromatic carbocycles. The highest BCUT2D eigenvalue weighted by atomic mass is 35.5. The third-order valence-electron chi connectivity index (χ3n) is 5.97. The topological polar surface area (TPSA) is 126 Å². The van der Waals surface area contributed by atoms with Crippen LogP contribution in [0.2, 0.25) is 10.0 Å². The standard InChI is InChI=1S/C27H23Cl2F3N6O4S2/c1-37(2)44(41,42)20-9-6-16(7-10-20)25(40)33-14-23-35-36-26(38(23)19-5-3-4-18(28)13-19)43-15-24(39)34-22-12-17(27(30,31)32)8-11-21(22)29/h3-13H,14-15H2,1-2H3,(H,33,40)(H,34,39). The van der Waals surface area contributed by atoms with Crippen molar-refractivity contribution in [3.63, 3.8) is 0 Å². The third-order valence-corrected chi connectivity index (χ3v) is 9.29. The average molecular weight is 688 g/mol. The molecule has 0 aliphatic carbocycles. The van der Waals surface area contributed by atoms with Crippen LogP contribution in [-0.4, -0.2) is 59.2 Å². The maximum absolute atomic E-state index is 13.1. The Morgan fingerprint density at radius 3 is 2.34 bits per heavy atom. The molecule has 232 valence electrons. The number of nitrogens with one attached hydrogen (secondary N) is 2. The maximum Gasteiger partial charge on any atom is 0.416 e. The highest BCUT2D eigenvalue weighted by Gasteiger charge is 2.31. The van der Waals surface area contributed by atoms with E-state index in [0.29, 0.717) is 10.7 Å². The van der Waals surface area contributed by atoms with Crippen LogP contribution in [0.1, 0.15) is 21.7 Å². The molecule has 0 radical (unpaired) electrons. The van der Waals surface area contributed by atoms with E-state index >= 15 is 0 Å². The molecule has 10 nitrogen and oxygen atoms in total. The number of thioether (sulfide) groups is 1. The third kappa shape index (κ3) is 7.90. The molecule has 0 aliphatic rings. The van der Waals surface area contributed by atoms with Crippen molar-refractivity contribution >= 4 is 62.5 Å². The highest BCUT2D eigenvalue weighted by Crippen LogP contribution is 2.34. The summed E-state index contributed by atoms with van der Waals surface area (Å²) in [6.45, 7) is -0.108. The van der Waals surface area contributed by atoms with Gasteiger partial charge in [-0.05, 0) is 60.7 Å². The number of sulfonamides is 1. The van der Waals surface area contributed by atoms with E-state index in [1.165, 1.54) is 38.4 Å². The molecule has 1 heterocycles. The van der Waals surface area contributed by atoms with E-state index in [0.717, 1.165) is 34.3 Å². The number of benzene rings is 3. The van der Waals surface area contributed by atoms with Crippen molar-refractivity contribution in [2.45, 2.75) is 22.8 Å².